The summed E-state index contributed by atoms with van der Waals surface area (Å²) in [5.74, 6) is 0. The maximum Gasteiger partial charge on any atom is 0.0664 e. The van der Waals surface area contributed by atoms with E-state index in [1.807, 2.05) is 0 Å². The first-order valence-electron chi connectivity index (χ1n) is 10.9. The van der Waals surface area contributed by atoms with Gasteiger partial charge in [0.15, 0.2) is 0 Å². The minimum atomic E-state index is 0.361. The van der Waals surface area contributed by atoms with Crippen LogP contribution in [-0.2, 0) is 0 Å². The fourth-order valence-corrected chi connectivity index (χ4v) is 5.09. The van der Waals surface area contributed by atoms with Crippen LogP contribution in [0.4, 0.5) is 0 Å². The van der Waals surface area contributed by atoms with Gasteiger partial charge in [0, 0.05) is 44.3 Å². The fraction of sp³-hybridized carbons (Fsp3) is 0.231. The van der Waals surface area contributed by atoms with Crippen LogP contribution in [0.15, 0.2) is 60.9 Å². The van der Waals surface area contributed by atoms with Crippen molar-refractivity contribution in [2.45, 2.75) is 37.8 Å². The zero-order chi connectivity index (χ0) is 19.9. The lowest BCUT2D eigenvalue weighted by Crippen LogP contribution is -2.21. The molecule has 4 N–H and O–H groups in total. The van der Waals surface area contributed by atoms with Crippen molar-refractivity contribution >= 4 is 34.0 Å². The van der Waals surface area contributed by atoms with Crippen LogP contribution >= 0.6 is 0 Å². The van der Waals surface area contributed by atoms with Gasteiger partial charge in [0.2, 0.25) is 0 Å². The molecule has 2 aliphatic rings. The van der Waals surface area contributed by atoms with Crippen molar-refractivity contribution in [3.63, 3.8) is 0 Å². The molecule has 0 saturated carbocycles. The molecule has 0 spiro atoms. The van der Waals surface area contributed by atoms with E-state index in [0.29, 0.717) is 12.1 Å². The first kappa shape index (κ1) is 17.5. The van der Waals surface area contributed by atoms with Crippen molar-refractivity contribution in [1.82, 2.24) is 20.6 Å². The highest BCUT2D eigenvalue weighted by Crippen LogP contribution is 2.35. The van der Waals surface area contributed by atoms with Crippen LogP contribution in [0.1, 0.15) is 60.3 Å². The number of hydrogen-bond acceptors (Lipinski definition) is 2. The molecule has 4 heteroatoms. The Labute approximate surface area is 176 Å². The molecule has 2 aliphatic heterocycles. The van der Waals surface area contributed by atoms with Crippen LogP contribution in [0.5, 0.6) is 0 Å². The van der Waals surface area contributed by atoms with Gasteiger partial charge in [-0.2, -0.15) is 0 Å². The monoisotopic (exact) mass is 394 g/mol. The molecule has 30 heavy (non-hydrogen) atoms. The fourth-order valence-electron chi connectivity index (χ4n) is 5.09. The molecule has 2 aromatic heterocycles. The highest BCUT2D eigenvalue weighted by molar-refractivity contribution is 5.92. The molecular weight excluding hydrogens is 368 g/mol. The van der Waals surface area contributed by atoms with Crippen molar-refractivity contribution in [3.05, 3.63) is 83.4 Å². The van der Waals surface area contributed by atoms with E-state index in [1.54, 1.807) is 0 Å². The molecule has 0 saturated heterocycles. The average molecular weight is 395 g/mol. The molecular formula is C26H26N4. The number of hydrogen-bond donors (Lipinski definition) is 4. The van der Waals surface area contributed by atoms with Crippen LogP contribution in [0, 0.1) is 0 Å². The van der Waals surface area contributed by atoms with Gasteiger partial charge in [0.1, 0.15) is 0 Å². The van der Waals surface area contributed by atoms with E-state index in [4.69, 9.17) is 0 Å². The maximum atomic E-state index is 3.64. The summed E-state index contributed by atoms with van der Waals surface area (Å²) in [6, 6.07) is 17.9. The Morgan fingerprint density at radius 1 is 0.600 bits per heavy atom. The number of rotatable bonds is 5. The van der Waals surface area contributed by atoms with Gasteiger partial charge in [-0.05, 0) is 49.5 Å². The molecule has 0 aliphatic carbocycles. The number of nitrogens with one attached hydrogen (secondary N) is 4. The van der Waals surface area contributed by atoms with E-state index >= 15 is 0 Å². The molecule has 4 heterocycles. The van der Waals surface area contributed by atoms with Gasteiger partial charge in [-0.1, -0.05) is 49.2 Å². The van der Waals surface area contributed by atoms with Crippen LogP contribution in [0.3, 0.4) is 0 Å². The second kappa shape index (κ2) is 7.13. The van der Waals surface area contributed by atoms with E-state index in [-0.39, 0.29) is 0 Å². The molecule has 0 fully saturated rings. The molecule has 2 aromatic carbocycles. The molecule has 2 atom stereocenters. The second-order valence-corrected chi connectivity index (χ2v) is 8.39. The average Bonchev–Trinajstić information content (AvgIpc) is 3.36. The lowest BCUT2D eigenvalue weighted by atomic mass is 9.96. The molecule has 0 amide bonds. The zero-order valence-electron chi connectivity index (χ0n) is 16.9. The standard InChI is InChI=1S/C26H26N4/c1-3-9-21-17(7-1)19-13-15-27-23(25(19)29-21)11-5-6-12-24-26-20(14-16-28-24)18-8-2-4-10-22(18)30-26/h1-4,7-10,13-16,23-24,27-30H,5-6,11-12H2. The van der Waals surface area contributed by atoms with Crippen molar-refractivity contribution in [2.75, 3.05) is 0 Å². The number of aromatic nitrogens is 2. The van der Waals surface area contributed by atoms with E-state index in [1.165, 1.54) is 57.2 Å². The van der Waals surface area contributed by atoms with Gasteiger partial charge in [-0.15, -0.1) is 0 Å². The molecule has 2 unspecified atom stereocenters. The van der Waals surface area contributed by atoms with Crippen molar-refractivity contribution in [3.8, 4) is 0 Å². The van der Waals surface area contributed by atoms with Crippen LogP contribution in [-0.4, -0.2) is 9.97 Å². The first-order chi connectivity index (χ1) is 14.9. The minimum Gasteiger partial charge on any atom is -0.383 e. The Bertz CT molecular complexity index is 1170. The van der Waals surface area contributed by atoms with Gasteiger partial charge in [0.25, 0.3) is 0 Å². The quantitative estimate of drug-likeness (QED) is 0.307. The minimum absolute atomic E-state index is 0.361. The third kappa shape index (κ3) is 2.83. The van der Waals surface area contributed by atoms with Crippen molar-refractivity contribution in [2.24, 2.45) is 0 Å². The highest BCUT2D eigenvalue weighted by Gasteiger charge is 2.22. The second-order valence-electron chi connectivity index (χ2n) is 8.39. The predicted molar refractivity (Wildman–Crippen MR) is 125 cm³/mol. The molecule has 6 rings (SSSR count). The Balaban J connectivity index is 1.13. The molecule has 4 nitrogen and oxygen atoms in total. The number of para-hydroxylation sites is 2. The summed E-state index contributed by atoms with van der Waals surface area (Å²) in [5, 5.41) is 9.77. The number of aromatic amines is 2. The highest BCUT2D eigenvalue weighted by atomic mass is 14.9. The topological polar surface area (TPSA) is 55.6 Å². The van der Waals surface area contributed by atoms with Gasteiger partial charge in [0.05, 0.1) is 12.1 Å². The van der Waals surface area contributed by atoms with Gasteiger partial charge in [-0.25, -0.2) is 0 Å². The molecule has 150 valence electrons. The van der Waals surface area contributed by atoms with Gasteiger partial charge >= 0.3 is 0 Å². The number of unbranched alkanes of at least 4 members (excludes halogenated alkanes) is 1. The summed E-state index contributed by atoms with van der Waals surface area (Å²) < 4.78 is 0. The maximum absolute atomic E-state index is 3.64. The zero-order valence-corrected chi connectivity index (χ0v) is 16.9. The van der Waals surface area contributed by atoms with E-state index in [0.717, 1.165) is 12.8 Å². The molecule has 4 aromatic rings. The SMILES string of the molecule is C1=Cc2c([nH]c3ccccc23)C(CCCCC2NC=Cc3c2[nH]c2ccccc32)N1. The number of fused-ring (bicyclic) bond motifs is 6. The van der Waals surface area contributed by atoms with Gasteiger partial charge < -0.3 is 20.6 Å². The Morgan fingerprint density at radius 3 is 1.57 bits per heavy atom. The van der Waals surface area contributed by atoms with Gasteiger partial charge in [-0.3, -0.25) is 0 Å². The van der Waals surface area contributed by atoms with E-state index < -0.39 is 0 Å². The third-order valence-corrected chi connectivity index (χ3v) is 6.58. The Hall–Kier alpha value is -3.40. The Kier molecular flexibility index (Phi) is 4.15. The van der Waals surface area contributed by atoms with Crippen LogP contribution in [0.25, 0.3) is 34.0 Å². The Morgan fingerprint density at radius 2 is 1.07 bits per heavy atom. The largest absolute Gasteiger partial charge is 0.383 e. The van der Waals surface area contributed by atoms with Crippen molar-refractivity contribution in [1.29, 1.82) is 0 Å². The summed E-state index contributed by atoms with van der Waals surface area (Å²) in [4.78, 5) is 7.29. The number of H-pyrrole nitrogens is 2. The summed E-state index contributed by atoms with van der Waals surface area (Å²) in [5.41, 5.74) is 7.80. The lowest BCUT2D eigenvalue weighted by Gasteiger charge is -2.23. The smallest absolute Gasteiger partial charge is 0.0664 e. The summed E-state index contributed by atoms with van der Waals surface area (Å²) in [6.07, 6.45) is 13.3. The first-order valence-corrected chi connectivity index (χ1v) is 10.9. The summed E-state index contributed by atoms with van der Waals surface area (Å²) >= 11 is 0. The number of benzene rings is 2. The van der Waals surface area contributed by atoms with E-state index in [9.17, 15) is 0 Å². The third-order valence-electron chi connectivity index (χ3n) is 6.58. The lowest BCUT2D eigenvalue weighted by molar-refractivity contribution is 0.471. The molecule has 0 radical (unpaired) electrons. The predicted octanol–water partition coefficient (Wildman–Crippen LogP) is 6.14. The van der Waals surface area contributed by atoms with E-state index in [2.05, 4.69) is 93.7 Å². The summed E-state index contributed by atoms with van der Waals surface area (Å²) in [6.45, 7) is 0. The normalized spacial score (nSPS) is 19.5. The van der Waals surface area contributed by atoms with Crippen molar-refractivity contribution < 1.29 is 0 Å². The van der Waals surface area contributed by atoms with Crippen LogP contribution < -0.4 is 10.6 Å². The molecule has 0 bridgehead atoms. The summed E-state index contributed by atoms with van der Waals surface area (Å²) in [7, 11) is 0. The van der Waals surface area contributed by atoms with Crippen LogP contribution in [0.2, 0.25) is 0 Å².